The lowest BCUT2D eigenvalue weighted by Crippen LogP contribution is -2.15. The van der Waals surface area contributed by atoms with Crippen molar-refractivity contribution < 1.29 is 17.9 Å². The van der Waals surface area contributed by atoms with E-state index < -0.39 is 15.9 Å². The van der Waals surface area contributed by atoms with Crippen LogP contribution in [0.4, 0.5) is 0 Å². The summed E-state index contributed by atoms with van der Waals surface area (Å²) in [6.45, 7) is 6.06. The van der Waals surface area contributed by atoms with Gasteiger partial charge in [0.1, 0.15) is 18.1 Å². The molecule has 0 saturated heterocycles. The van der Waals surface area contributed by atoms with E-state index in [1.807, 2.05) is 13.8 Å². The predicted molar refractivity (Wildman–Crippen MR) is 128 cm³/mol. The molecule has 1 unspecified atom stereocenters. The topological polar surface area (TPSA) is 78.3 Å². The molecule has 0 spiro atoms. The molecule has 0 N–H and O–H groups in total. The molecule has 0 amide bonds. The average Bonchev–Trinajstić information content (AvgIpc) is 3.35. The first kappa shape index (κ1) is 23.2. The summed E-state index contributed by atoms with van der Waals surface area (Å²) in [6, 6.07) is 8.06. The van der Waals surface area contributed by atoms with Gasteiger partial charge in [0.05, 0.1) is 17.7 Å². The van der Waals surface area contributed by atoms with Crippen LogP contribution in [0, 0.1) is 20.8 Å². The number of aryl methyl sites for hydroxylation is 2. The number of rotatable bonds is 7. The molecule has 174 valence electrons. The number of sulfone groups is 1. The second kappa shape index (κ2) is 8.78. The van der Waals surface area contributed by atoms with E-state index in [1.165, 1.54) is 35.1 Å². The lowest BCUT2D eigenvalue weighted by Gasteiger charge is -2.16. The van der Waals surface area contributed by atoms with Gasteiger partial charge < -0.3 is 9.53 Å². The Bertz CT molecular complexity index is 1320. The van der Waals surface area contributed by atoms with E-state index in [2.05, 4.69) is 13.0 Å². The number of carbonyl (C=O) groups is 1. The Morgan fingerprint density at radius 2 is 1.79 bits per heavy atom. The number of aldehydes is 1. The van der Waals surface area contributed by atoms with Crippen molar-refractivity contribution in [2.45, 2.75) is 57.4 Å². The van der Waals surface area contributed by atoms with Gasteiger partial charge in [-0.15, -0.1) is 0 Å². The van der Waals surface area contributed by atoms with Crippen LogP contribution in [0.3, 0.4) is 0 Å². The minimum Gasteiger partial charge on any atom is -0.496 e. The maximum Gasteiger partial charge on any atom is 0.175 e. The molecule has 1 aromatic heterocycles. The summed E-state index contributed by atoms with van der Waals surface area (Å²) in [7, 11) is -1.56. The first-order valence-corrected chi connectivity index (χ1v) is 13.0. The van der Waals surface area contributed by atoms with Crippen molar-refractivity contribution in [3.63, 3.8) is 0 Å². The van der Waals surface area contributed by atoms with Gasteiger partial charge in [-0.2, -0.15) is 5.10 Å². The molecule has 0 saturated carbocycles. The van der Waals surface area contributed by atoms with Crippen molar-refractivity contribution in [3.8, 4) is 5.75 Å². The molecule has 3 aromatic rings. The van der Waals surface area contributed by atoms with Crippen molar-refractivity contribution in [2.75, 3.05) is 13.4 Å². The van der Waals surface area contributed by atoms with E-state index in [0.29, 0.717) is 5.56 Å². The van der Waals surface area contributed by atoms with Crippen LogP contribution in [0.5, 0.6) is 5.75 Å². The van der Waals surface area contributed by atoms with Crippen molar-refractivity contribution in [2.24, 2.45) is 0 Å². The molecule has 33 heavy (non-hydrogen) atoms. The molecule has 1 aliphatic carbocycles. The van der Waals surface area contributed by atoms with E-state index >= 15 is 0 Å². The number of hydrogen-bond acceptors (Lipinski definition) is 5. The number of fused-ring (bicyclic) bond motifs is 1. The van der Waals surface area contributed by atoms with Gasteiger partial charge in [-0.25, -0.2) is 8.42 Å². The summed E-state index contributed by atoms with van der Waals surface area (Å²) in [5.41, 5.74) is 8.81. The largest absolute Gasteiger partial charge is 0.496 e. The zero-order valence-electron chi connectivity index (χ0n) is 19.8. The third kappa shape index (κ3) is 4.22. The van der Waals surface area contributed by atoms with Crippen molar-refractivity contribution >= 4 is 16.1 Å². The minimum absolute atomic E-state index is 0.230. The van der Waals surface area contributed by atoms with Crippen LogP contribution < -0.4 is 4.74 Å². The number of hydrogen-bond donors (Lipinski definition) is 0. The first-order chi connectivity index (χ1) is 15.7. The number of ether oxygens (including phenoxy) is 1. The highest BCUT2D eigenvalue weighted by Crippen LogP contribution is 2.37. The Kier molecular flexibility index (Phi) is 6.18. The molecule has 4 rings (SSSR count). The summed E-state index contributed by atoms with van der Waals surface area (Å²) >= 11 is 0. The number of nitrogens with zero attached hydrogens (tertiary/aromatic N) is 2. The number of carbonyl (C=O) groups excluding carboxylic acids is 1. The van der Waals surface area contributed by atoms with Crippen molar-refractivity contribution in [1.82, 2.24) is 9.78 Å². The Morgan fingerprint density at radius 3 is 2.39 bits per heavy atom. The standard InChI is InChI=1S/C26H30N2O4S/c1-16-13-20(22-7-6-8-23(22)26(16)32-4)14-24-17(2)27-28(18(24)3)25(15-29)19-9-11-21(12-10-19)33(5,30)31/h9-13,15,25H,6-8,14H2,1-5H3. The van der Waals surface area contributed by atoms with Gasteiger partial charge in [-0.05, 0) is 80.0 Å². The molecule has 6 nitrogen and oxygen atoms in total. The molecular formula is C26H30N2O4S. The molecule has 0 radical (unpaired) electrons. The fourth-order valence-electron chi connectivity index (χ4n) is 5.05. The summed E-state index contributed by atoms with van der Waals surface area (Å²) in [5.74, 6) is 1.01. The lowest BCUT2D eigenvalue weighted by molar-refractivity contribution is -0.109. The van der Waals surface area contributed by atoms with Crippen LogP contribution in [0.2, 0.25) is 0 Å². The summed E-state index contributed by atoms with van der Waals surface area (Å²) in [6.07, 6.45) is 6.01. The maximum absolute atomic E-state index is 12.1. The Morgan fingerprint density at radius 1 is 1.12 bits per heavy atom. The summed E-state index contributed by atoms with van der Waals surface area (Å²) < 4.78 is 31.0. The predicted octanol–water partition coefficient (Wildman–Crippen LogP) is 4.09. The van der Waals surface area contributed by atoms with E-state index in [-0.39, 0.29) is 4.90 Å². The van der Waals surface area contributed by atoms with Crippen LogP contribution in [-0.4, -0.2) is 37.9 Å². The molecule has 0 bridgehead atoms. The molecule has 1 aliphatic rings. The zero-order valence-corrected chi connectivity index (χ0v) is 20.6. The Hall–Kier alpha value is -2.93. The van der Waals surface area contributed by atoms with Gasteiger partial charge in [-0.3, -0.25) is 4.68 Å². The number of benzene rings is 2. The molecule has 1 atom stereocenters. The fraction of sp³-hybridized carbons (Fsp3) is 0.385. The second-order valence-corrected chi connectivity index (χ2v) is 10.9. The van der Waals surface area contributed by atoms with Gasteiger partial charge >= 0.3 is 0 Å². The van der Waals surface area contributed by atoms with Gasteiger partial charge in [-0.1, -0.05) is 18.2 Å². The summed E-state index contributed by atoms with van der Waals surface area (Å²) in [5, 5.41) is 4.72. The van der Waals surface area contributed by atoms with Gasteiger partial charge in [0.25, 0.3) is 0 Å². The van der Waals surface area contributed by atoms with Crippen molar-refractivity contribution in [3.05, 3.63) is 75.1 Å². The first-order valence-electron chi connectivity index (χ1n) is 11.1. The fourth-order valence-corrected chi connectivity index (χ4v) is 5.68. The van der Waals surface area contributed by atoms with Crippen LogP contribution in [0.1, 0.15) is 57.2 Å². The normalized spacial score (nSPS) is 14.2. The lowest BCUT2D eigenvalue weighted by atomic mass is 9.93. The van der Waals surface area contributed by atoms with E-state index in [4.69, 9.17) is 9.84 Å². The molecule has 7 heteroatoms. The van der Waals surface area contributed by atoms with Crippen LogP contribution >= 0.6 is 0 Å². The Balaban J connectivity index is 1.71. The highest BCUT2D eigenvalue weighted by Gasteiger charge is 2.25. The van der Waals surface area contributed by atoms with Crippen LogP contribution in [0.15, 0.2) is 35.2 Å². The van der Waals surface area contributed by atoms with Crippen LogP contribution in [0.25, 0.3) is 0 Å². The van der Waals surface area contributed by atoms with Gasteiger partial charge in [0, 0.05) is 23.9 Å². The van der Waals surface area contributed by atoms with E-state index in [9.17, 15) is 13.2 Å². The molecule has 1 heterocycles. The monoisotopic (exact) mass is 466 g/mol. The number of aromatic nitrogens is 2. The highest BCUT2D eigenvalue weighted by atomic mass is 32.2. The van der Waals surface area contributed by atoms with Gasteiger partial charge in [0.2, 0.25) is 0 Å². The number of methoxy groups -OCH3 is 1. The molecule has 0 fully saturated rings. The highest BCUT2D eigenvalue weighted by molar-refractivity contribution is 7.90. The molecular weight excluding hydrogens is 436 g/mol. The SMILES string of the molecule is COc1c(C)cc(Cc2c(C)nn(C(C=O)c3ccc(S(C)(=O)=O)cc3)c2C)c2c1CCC2. The Labute approximate surface area is 195 Å². The van der Waals surface area contributed by atoms with Crippen molar-refractivity contribution in [1.29, 1.82) is 0 Å². The van der Waals surface area contributed by atoms with E-state index in [0.717, 1.165) is 60.2 Å². The molecule has 0 aliphatic heterocycles. The third-order valence-corrected chi connectivity index (χ3v) is 7.85. The minimum atomic E-state index is -3.30. The van der Waals surface area contributed by atoms with E-state index in [1.54, 1.807) is 23.9 Å². The second-order valence-electron chi connectivity index (χ2n) is 8.89. The van der Waals surface area contributed by atoms with Crippen LogP contribution in [-0.2, 0) is 33.9 Å². The average molecular weight is 467 g/mol. The maximum atomic E-state index is 12.1. The van der Waals surface area contributed by atoms with Gasteiger partial charge in [0.15, 0.2) is 9.84 Å². The quantitative estimate of drug-likeness (QED) is 0.490. The summed E-state index contributed by atoms with van der Waals surface area (Å²) in [4.78, 5) is 12.3. The third-order valence-electron chi connectivity index (χ3n) is 6.72. The smallest absolute Gasteiger partial charge is 0.175 e. The zero-order chi connectivity index (χ0) is 23.9. The molecule has 2 aromatic carbocycles.